The summed E-state index contributed by atoms with van der Waals surface area (Å²) in [5, 5.41) is 9.63. The van der Waals surface area contributed by atoms with Crippen LogP contribution in [0.1, 0.15) is 34.6 Å². The molecule has 4 heterocycles. The van der Waals surface area contributed by atoms with Crippen LogP contribution in [0.5, 0.6) is 0 Å². The molecule has 0 aliphatic carbocycles. The summed E-state index contributed by atoms with van der Waals surface area (Å²) in [4.78, 5) is 16.5. The van der Waals surface area contributed by atoms with E-state index in [2.05, 4.69) is 20.7 Å². The van der Waals surface area contributed by atoms with Crippen LogP contribution in [0.25, 0.3) is 0 Å². The number of fused-ring (bicyclic) bond motifs is 1. The molecule has 0 saturated carbocycles. The van der Waals surface area contributed by atoms with Gasteiger partial charge >= 0.3 is 6.18 Å². The fourth-order valence-electron chi connectivity index (χ4n) is 3.04. The molecule has 28 heavy (non-hydrogen) atoms. The highest BCUT2D eigenvalue weighted by molar-refractivity contribution is 6.30. The van der Waals surface area contributed by atoms with Gasteiger partial charge < -0.3 is 15.1 Å². The predicted octanol–water partition coefficient (Wildman–Crippen LogP) is 4.44. The van der Waals surface area contributed by atoms with Crippen molar-refractivity contribution >= 4 is 29.1 Å². The van der Waals surface area contributed by atoms with Gasteiger partial charge in [-0.15, -0.1) is 0 Å². The van der Waals surface area contributed by atoms with Gasteiger partial charge in [-0.3, -0.25) is 4.79 Å². The summed E-state index contributed by atoms with van der Waals surface area (Å²) < 4.78 is 46.8. The summed E-state index contributed by atoms with van der Waals surface area (Å²) in [6, 6.07) is 3.52. The van der Waals surface area contributed by atoms with Gasteiger partial charge in [0.25, 0.3) is 5.91 Å². The van der Waals surface area contributed by atoms with Crippen molar-refractivity contribution in [3.8, 4) is 0 Å². The molecule has 1 aliphatic rings. The molecule has 3 aromatic heterocycles. The number of rotatable bonds is 3. The molecular formula is C17H13ClF3N5O2. The number of hydrogen-bond donors (Lipinski definition) is 2. The highest BCUT2D eigenvalue weighted by atomic mass is 35.5. The Morgan fingerprint density at radius 1 is 1.32 bits per heavy atom. The van der Waals surface area contributed by atoms with Crippen LogP contribution in [0.15, 0.2) is 47.3 Å². The van der Waals surface area contributed by atoms with Crippen LogP contribution in [0, 0.1) is 0 Å². The first kappa shape index (κ1) is 18.4. The first-order valence-corrected chi connectivity index (χ1v) is 8.58. The van der Waals surface area contributed by atoms with Crippen LogP contribution < -0.4 is 10.6 Å². The van der Waals surface area contributed by atoms with Crippen molar-refractivity contribution in [2.75, 3.05) is 10.6 Å². The van der Waals surface area contributed by atoms with Gasteiger partial charge in [0.15, 0.2) is 6.04 Å². The maximum atomic E-state index is 13.6. The molecule has 0 fully saturated rings. The number of alkyl halides is 3. The Morgan fingerprint density at radius 2 is 2.14 bits per heavy atom. The number of halogens is 4. The Kier molecular flexibility index (Phi) is 4.50. The van der Waals surface area contributed by atoms with Gasteiger partial charge in [0.1, 0.15) is 23.0 Å². The van der Waals surface area contributed by atoms with Crippen molar-refractivity contribution in [1.82, 2.24) is 14.8 Å². The summed E-state index contributed by atoms with van der Waals surface area (Å²) in [5.41, 5.74) is -0.0396. The Bertz CT molecular complexity index is 985. The maximum absolute atomic E-state index is 13.6. The molecule has 0 saturated heterocycles. The number of pyridine rings is 1. The molecule has 0 bridgehead atoms. The van der Waals surface area contributed by atoms with Crippen LogP contribution in [0.3, 0.4) is 0 Å². The first-order valence-electron chi connectivity index (χ1n) is 8.20. The second-order valence-electron chi connectivity index (χ2n) is 6.17. The maximum Gasteiger partial charge on any atom is 0.410 e. The fourth-order valence-corrected chi connectivity index (χ4v) is 3.15. The van der Waals surface area contributed by atoms with Gasteiger partial charge in [-0.05, 0) is 24.3 Å². The third kappa shape index (κ3) is 3.42. The molecule has 146 valence electrons. The standard InChI is InChI=1S/C17H13ClF3N5O2/c18-9-3-4-14(22-7-9)25-16(27)10-8-23-26-13(17(19,20)21)6-11(24-15(10)26)12-2-1-5-28-12/h1-5,7-8,11,13,24H,6H2,(H,22,25,27)/t11-,13-/m0/s1. The van der Waals surface area contributed by atoms with Gasteiger partial charge in [0.05, 0.1) is 23.5 Å². The van der Waals surface area contributed by atoms with Gasteiger partial charge in [-0.2, -0.15) is 18.3 Å². The van der Waals surface area contributed by atoms with E-state index in [1.807, 2.05) is 0 Å². The lowest BCUT2D eigenvalue weighted by Gasteiger charge is -2.32. The first-order chi connectivity index (χ1) is 13.3. The lowest BCUT2D eigenvalue weighted by atomic mass is 10.0. The van der Waals surface area contributed by atoms with Crippen molar-refractivity contribution < 1.29 is 22.4 Å². The zero-order chi connectivity index (χ0) is 19.9. The van der Waals surface area contributed by atoms with Crippen molar-refractivity contribution in [3.05, 3.63) is 59.3 Å². The quantitative estimate of drug-likeness (QED) is 0.665. The number of furan rings is 1. The van der Waals surface area contributed by atoms with Crippen LogP contribution in [-0.4, -0.2) is 26.8 Å². The lowest BCUT2D eigenvalue weighted by molar-refractivity contribution is -0.174. The van der Waals surface area contributed by atoms with Crippen molar-refractivity contribution in [2.24, 2.45) is 0 Å². The highest BCUT2D eigenvalue weighted by Gasteiger charge is 2.47. The molecule has 7 nitrogen and oxygen atoms in total. The Labute approximate surface area is 161 Å². The van der Waals surface area contributed by atoms with E-state index >= 15 is 0 Å². The second kappa shape index (κ2) is 6.86. The van der Waals surface area contributed by atoms with Crippen LogP contribution in [-0.2, 0) is 0 Å². The summed E-state index contributed by atoms with van der Waals surface area (Å²) in [6.45, 7) is 0. The highest BCUT2D eigenvalue weighted by Crippen LogP contribution is 2.44. The van der Waals surface area contributed by atoms with Crippen LogP contribution in [0.2, 0.25) is 5.02 Å². The van der Waals surface area contributed by atoms with E-state index in [0.29, 0.717) is 10.8 Å². The average molecular weight is 412 g/mol. The minimum Gasteiger partial charge on any atom is -0.467 e. The zero-order valence-electron chi connectivity index (χ0n) is 14.1. The molecule has 2 N–H and O–H groups in total. The normalized spacial score (nSPS) is 19.0. The van der Waals surface area contributed by atoms with E-state index in [4.69, 9.17) is 16.0 Å². The zero-order valence-corrected chi connectivity index (χ0v) is 14.8. The predicted molar refractivity (Wildman–Crippen MR) is 94.2 cm³/mol. The number of nitrogens with zero attached hydrogens (tertiary/aromatic N) is 3. The van der Waals surface area contributed by atoms with E-state index in [1.54, 1.807) is 12.1 Å². The number of amides is 1. The molecule has 0 spiro atoms. The molecule has 0 unspecified atom stereocenters. The van der Waals surface area contributed by atoms with Crippen molar-refractivity contribution in [3.63, 3.8) is 0 Å². The summed E-state index contributed by atoms with van der Waals surface area (Å²) in [5.74, 6) is -0.140. The van der Waals surface area contributed by atoms with E-state index in [-0.39, 0.29) is 23.6 Å². The summed E-state index contributed by atoms with van der Waals surface area (Å²) >= 11 is 5.75. The third-order valence-corrected chi connectivity index (χ3v) is 4.56. The minimum absolute atomic E-state index is 0.0396. The van der Waals surface area contributed by atoms with E-state index < -0.39 is 24.2 Å². The van der Waals surface area contributed by atoms with Crippen LogP contribution in [0.4, 0.5) is 24.8 Å². The van der Waals surface area contributed by atoms with Gasteiger partial charge in [0, 0.05) is 12.6 Å². The third-order valence-electron chi connectivity index (χ3n) is 4.34. The van der Waals surface area contributed by atoms with Crippen molar-refractivity contribution in [1.29, 1.82) is 0 Å². The number of hydrogen-bond acceptors (Lipinski definition) is 5. The van der Waals surface area contributed by atoms with Crippen molar-refractivity contribution in [2.45, 2.75) is 24.7 Å². The number of nitrogens with one attached hydrogen (secondary N) is 2. The molecule has 1 aliphatic heterocycles. The summed E-state index contributed by atoms with van der Waals surface area (Å²) in [7, 11) is 0. The van der Waals surface area contributed by atoms with E-state index in [1.165, 1.54) is 24.6 Å². The van der Waals surface area contributed by atoms with Gasteiger partial charge in [0.2, 0.25) is 0 Å². The number of aromatic nitrogens is 3. The Balaban J connectivity index is 1.67. The fraction of sp³-hybridized carbons (Fsp3) is 0.235. The van der Waals surface area contributed by atoms with Crippen LogP contribution >= 0.6 is 11.6 Å². The average Bonchev–Trinajstić information content (AvgIpc) is 3.31. The molecule has 0 aromatic carbocycles. The second-order valence-corrected chi connectivity index (χ2v) is 6.61. The minimum atomic E-state index is -4.54. The lowest BCUT2D eigenvalue weighted by Crippen LogP contribution is -2.36. The SMILES string of the molecule is O=C(Nc1ccc(Cl)cn1)c1cnn2c1N[C@H](c1ccco1)C[C@H]2C(F)(F)F. The largest absolute Gasteiger partial charge is 0.467 e. The van der Waals surface area contributed by atoms with E-state index in [0.717, 1.165) is 10.9 Å². The molecule has 2 atom stereocenters. The number of anilines is 2. The topological polar surface area (TPSA) is 85.0 Å². The van der Waals surface area contributed by atoms with E-state index in [9.17, 15) is 18.0 Å². The molecule has 4 rings (SSSR count). The van der Waals surface area contributed by atoms with Gasteiger partial charge in [-0.1, -0.05) is 11.6 Å². The monoisotopic (exact) mass is 411 g/mol. The smallest absolute Gasteiger partial charge is 0.410 e. The number of carbonyl (C=O) groups excluding carboxylic acids is 1. The molecule has 0 radical (unpaired) electrons. The molecular weight excluding hydrogens is 399 g/mol. The Hall–Kier alpha value is -3.01. The molecule has 3 aromatic rings. The Morgan fingerprint density at radius 3 is 2.79 bits per heavy atom. The van der Waals surface area contributed by atoms with Gasteiger partial charge in [-0.25, -0.2) is 9.67 Å². The molecule has 11 heteroatoms. The molecule has 1 amide bonds. The summed E-state index contributed by atoms with van der Waals surface area (Å²) in [6.07, 6.45) is -1.04. The number of carbonyl (C=O) groups is 1.